The minimum absolute atomic E-state index is 0.160. The van der Waals surface area contributed by atoms with Crippen LogP contribution >= 0.6 is 0 Å². The molecule has 0 N–H and O–H groups in total. The van der Waals surface area contributed by atoms with Crippen LogP contribution in [0.4, 0.5) is 0 Å². The van der Waals surface area contributed by atoms with Crippen molar-refractivity contribution in [2.75, 3.05) is 0 Å². The van der Waals surface area contributed by atoms with Gasteiger partial charge in [0, 0.05) is 6.42 Å². The lowest BCUT2D eigenvalue weighted by atomic mass is 9.72. The Kier molecular flexibility index (Phi) is 3.84. The fourth-order valence-corrected chi connectivity index (χ4v) is 3.21. The van der Waals surface area contributed by atoms with E-state index in [1.54, 1.807) is 0 Å². The molecule has 3 rings (SSSR count). The Labute approximate surface area is 131 Å². The van der Waals surface area contributed by atoms with Gasteiger partial charge in [0.2, 0.25) is 0 Å². The highest BCUT2D eigenvalue weighted by Crippen LogP contribution is 2.43. The first-order chi connectivity index (χ1) is 10.6. The molecule has 0 unspecified atom stereocenters. The minimum Gasteiger partial charge on any atom is -0.457 e. The lowest BCUT2D eigenvalue weighted by molar-refractivity contribution is -0.143. The SMILES string of the molecule is CC(C)=C[C@@H]1CC(c2ccccc2)(c2ccccc2)C(=O)O1. The van der Waals surface area contributed by atoms with E-state index in [9.17, 15) is 4.79 Å². The molecule has 0 aliphatic carbocycles. The molecule has 112 valence electrons. The van der Waals surface area contributed by atoms with Crippen molar-refractivity contribution in [3.8, 4) is 0 Å². The van der Waals surface area contributed by atoms with E-state index in [4.69, 9.17) is 4.74 Å². The molecule has 22 heavy (non-hydrogen) atoms. The fourth-order valence-electron chi connectivity index (χ4n) is 3.21. The summed E-state index contributed by atoms with van der Waals surface area (Å²) in [5.41, 5.74) is 2.44. The van der Waals surface area contributed by atoms with Gasteiger partial charge in [0.05, 0.1) is 0 Å². The van der Waals surface area contributed by atoms with Gasteiger partial charge in [-0.1, -0.05) is 66.2 Å². The van der Waals surface area contributed by atoms with E-state index in [0.29, 0.717) is 6.42 Å². The van der Waals surface area contributed by atoms with Crippen LogP contribution in [0.5, 0.6) is 0 Å². The van der Waals surface area contributed by atoms with Gasteiger partial charge < -0.3 is 4.74 Å². The number of carbonyl (C=O) groups excluding carboxylic acids is 1. The van der Waals surface area contributed by atoms with Gasteiger partial charge in [0.15, 0.2) is 0 Å². The number of esters is 1. The van der Waals surface area contributed by atoms with E-state index in [2.05, 4.69) is 0 Å². The molecule has 0 saturated carbocycles. The van der Waals surface area contributed by atoms with E-state index in [-0.39, 0.29) is 12.1 Å². The van der Waals surface area contributed by atoms with Crippen LogP contribution in [0, 0.1) is 0 Å². The Bertz CT molecular complexity index is 643. The normalized spacial score (nSPS) is 19.5. The summed E-state index contributed by atoms with van der Waals surface area (Å²) in [7, 11) is 0. The highest BCUT2D eigenvalue weighted by Gasteiger charge is 2.50. The molecule has 0 radical (unpaired) electrons. The topological polar surface area (TPSA) is 26.3 Å². The summed E-state index contributed by atoms with van der Waals surface area (Å²) in [5, 5.41) is 0. The zero-order chi connectivity index (χ0) is 15.6. The molecule has 0 bridgehead atoms. The van der Waals surface area contributed by atoms with Crippen LogP contribution in [0.3, 0.4) is 0 Å². The van der Waals surface area contributed by atoms with E-state index in [1.165, 1.54) is 0 Å². The second-order valence-electron chi connectivity index (χ2n) is 6.03. The maximum absolute atomic E-state index is 12.8. The largest absolute Gasteiger partial charge is 0.457 e. The average molecular weight is 292 g/mol. The Morgan fingerprint density at radius 1 is 1.00 bits per heavy atom. The number of carbonyl (C=O) groups is 1. The van der Waals surface area contributed by atoms with Crippen LogP contribution in [0.2, 0.25) is 0 Å². The minimum atomic E-state index is -0.709. The third-order valence-corrected chi connectivity index (χ3v) is 4.17. The van der Waals surface area contributed by atoms with Crippen molar-refractivity contribution in [3.05, 3.63) is 83.4 Å². The number of benzene rings is 2. The van der Waals surface area contributed by atoms with Crippen molar-refractivity contribution < 1.29 is 9.53 Å². The molecule has 0 amide bonds. The Morgan fingerprint density at radius 2 is 1.50 bits per heavy atom. The number of hydrogen-bond donors (Lipinski definition) is 0. The highest BCUT2D eigenvalue weighted by molar-refractivity contribution is 5.90. The van der Waals surface area contributed by atoms with Crippen molar-refractivity contribution in [1.29, 1.82) is 0 Å². The van der Waals surface area contributed by atoms with Crippen LogP contribution in [0.15, 0.2) is 72.3 Å². The van der Waals surface area contributed by atoms with Gasteiger partial charge in [0.1, 0.15) is 11.5 Å². The molecule has 2 aromatic rings. The average Bonchev–Trinajstić information content (AvgIpc) is 2.85. The summed E-state index contributed by atoms with van der Waals surface area (Å²) in [6, 6.07) is 19.9. The summed E-state index contributed by atoms with van der Waals surface area (Å²) in [5.74, 6) is -0.160. The molecule has 0 spiro atoms. The van der Waals surface area contributed by atoms with Gasteiger partial charge in [-0.05, 0) is 31.1 Å². The predicted molar refractivity (Wildman–Crippen MR) is 87.6 cm³/mol. The van der Waals surface area contributed by atoms with Gasteiger partial charge >= 0.3 is 5.97 Å². The molecule has 1 fully saturated rings. The second-order valence-corrected chi connectivity index (χ2v) is 6.03. The molecular formula is C20H20O2. The Morgan fingerprint density at radius 3 is 1.95 bits per heavy atom. The number of allylic oxidation sites excluding steroid dienone is 1. The smallest absolute Gasteiger partial charge is 0.321 e. The molecule has 1 saturated heterocycles. The second kappa shape index (κ2) is 5.80. The number of hydrogen-bond acceptors (Lipinski definition) is 2. The molecule has 0 aromatic heterocycles. The third-order valence-electron chi connectivity index (χ3n) is 4.17. The van der Waals surface area contributed by atoms with Gasteiger partial charge in [-0.3, -0.25) is 4.79 Å². The maximum atomic E-state index is 12.8. The van der Waals surface area contributed by atoms with Gasteiger partial charge in [-0.25, -0.2) is 0 Å². The maximum Gasteiger partial charge on any atom is 0.321 e. The Hall–Kier alpha value is -2.35. The lowest BCUT2D eigenvalue weighted by Gasteiger charge is -2.26. The first-order valence-electron chi connectivity index (χ1n) is 7.60. The predicted octanol–water partition coefficient (Wildman–Crippen LogP) is 4.25. The van der Waals surface area contributed by atoms with Gasteiger partial charge in [-0.2, -0.15) is 0 Å². The van der Waals surface area contributed by atoms with Gasteiger partial charge in [-0.15, -0.1) is 0 Å². The zero-order valence-corrected chi connectivity index (χ0v) is 13.0. The number of cyclic esters (lactones) is 1. The first-order valence-corrected chi connectivity index (χ1v) is 7.60. The van der Waals surface area contributed by atoms with Crippen molar-refractivity contribution in [1.82, 2.24) is 0 Å². The monoisotopic (exact) mass is 292 g/mol. The van der Waals surface area contributed by atoms with Crippen LogP contribution in [-0.4, -0.2) is 12.1 Å². The van der Waals surface area contributed by atoms with Crippen LogP contribution in [0.1, 0.15) is 31.4 Å². The molecule has 1 aliphatic rings. The number of rotatable bonds is 3. The molecule has 1 heterocycles. The summed E-state index contributed by atoms with van der Waals surface area (Å²) < 4.78 is 5.68. The summed E-state index contributed by atoms with van der Waals surface area (Å²) in [6.07, 6.45) is 2.51. The molecular weight excluding hydrogens is 272 g/mol. The van der Waals surface area contributed by atoms with Crippen molar-refractivity contribution in [2.24, 2.45) is 0 Å². The van der Waals surface area contributed by atoms with Crippen LogP contribution in [-0.2, 0) is 14.9 Å². The molecule has 2 heteroatoms. The van der Waals surface area contributed by atoms with Crippen LogP contribution in [0.25, 0.3) is 0 Å². The Balaban J connectivity index is 2.13. The summed E-state index contributed by atoms with van der Waals surface area (Å²) >= 11 is 0. The molecule has 2 aromatic carbocycles. The fraction of sp³-hybridized carbons (Fsp3) is 0.250. The lowest BCUT2D eigenvalue weighted by Crippen LogP contribution is -2.32. The van der Waals surface area contributed by atoms with Crippen LogP contribution < -0.4 is 0 Å². The third kappa shape index (κ3) is 2.45. The first kappa shape index (κ1) is 14.6. The number of ether oxygens (including phenoxy) is 1. The van der Waals surface area contributed by atoms with E-state index < -0.39 is 5.41 Å². The van der Waals surface area contributed by atoms with E-state index in [1.807, 2.05) is 80.6 Å². The molecule has 2 nitrogen and oxygen atoms in total. The van der Waals surface area contributed by atoms with Gasteiger partial charge in [0.25, 0.3) is 0 Å². The van der Waals surface area contributed by atoms with E-state index in [0.717, 1.165) is 16.7 Å². The molecule has 1 aliphatic heterocycles. The summed E-state index contributed by atoms with van der Waals surface area (Å²) in [4.78, 5) is 12.8. The zero-order valence-electron chi connectivity index (χ0n) is 13.0. The summed E-state index contributed by atoms with van der Waals surface area (Å²) in [6.45, 7) is 4.05. The van der Waals surface area contributed by atoms with Crippen molar-refractivity contribution in [3.63, 3.8) is 0 Å². The standard InChI is InChI=1S/C20H20O2/c1-15(2)13-18-14-20(19(21)22-18,16-9-5-3-6-10-16)17-11-7-4-8-12-17/h3-13,18H,14H2,1-2H3/t18-/m1/s1. The van der Waals surface area contributed by atoms with E-state index >= 15 is 0 Å². The molecule has 1 atom stereocenters. The highest BCUT2D eigenvalue weighted by atomic mass is 16.6. The quantitative estimate of drug-likeness (QED) is 0.624. The van der Waals surface area contributed by atoms with Crippen molar-refractivity contribution in [2.45, 2.75) is 31.8 Å². The van der Waals surface area contributed by atoms with Crippen molar-refractivity contribution >= 4 is 5.97 Å².